The van der Waals surface area contributed by atoms with Gasteiger partial charge in [-0.3, -0.25) is 4.79 Å². The van der Waals surface area contributed by atoms with Gasteiger partial charge in [0.05, 0.1) is 5.92 Å². The molecule has 1 unspecified atom stereocenters. The number of nitrogens with zero attached hydrogens (tertiary/aromatic N) is 1. The fourth-order valence-corrected chi connectivity index (χ4v) is 3.36. The quantitative estimate of drug-likeness (QED) is 0.862. The van der Waals surface area contributed by atoms with Crippen molar-refractivity contribution in [1.29, 1.82) is 0 Å². The van der Waals surface area contributed by atoms with Gasteiger partial charge in [-0.1, -0.05) is 24.3 Å². The van der Waals surface area contributed by atoms with Crippen LogP contribution in [0.5, 0.6) is 0 Å². The van der Waals surface area contributed by atoms with Crippen molar-refractivity contribution in [3.05, 3.63) is 35.4 Å². The lowest BCUT2D eigenvalue weighted by molar-refractivity contribution is -0.134. The van der Waals surface area contributed by atoms with Crippen molar-refractivity contribution in [3.8, 4) is 0 Å². The molecule has 0 bridgehead atoms. The molecule has 20 heavy (non-hydrogen) atoms. The molecule has 1 aliphatic heterocycles. The summed E-state index contributed by atoms with van der Waals surface area (Å²) in [6.07, 6.45) is 3.27. The van der Waals surface area contributed by atoms with Crippen LogP contribution in [0.15, 0.2) is 24.3 Å². The van der Waals surface area contributed by atoms with Crippen molar-refractivity contribution in [2.75, 3.05) is 19.6 Å². The van der Waals surface area contributed by atoms with E-state index in [1.54, 1.807) is 0 Å². The topological polar surface area (TPSA) is 32.3 Å². The van der Waals surface area contributed by atoms with E-state index in [1.807, 2.05) is 4.90 Å². The zero-order valence-electron chi connectivity index (χ0n) is 12.0. The number of rotatable bonds is 1. The highest BCUT2D eigenvalue weighted by Gasteiger charge is 2.31. The molecule has 3 rings (SSSR count). The number of amides is 1. The minimum atomic E-state index is 0. The first kappa shape index (κ1) is 15.3. The zero-order valence-corrected chi connectivity index (χ0v) is 12.8. The molecular weight excluding hydrogens is 272 g/mol. The lowest BCUT2D eigenvalue weighted by Gasteiger charge is -2.36. The molecule has 1 N–H and O–H groups in total. The Bertz CT molecular complexity index is 477. The molecule has 1 aliphatic carbocycles. The maximum Gasteiger partial charge on any atom is 0.230 e. The maximum absolute atomic E-state index is 12.8. The van der Waals surface area contributed by atoms with E-state index in [1.165, 1.54) is 11.1 Å². The number of hydrogen-bond donors (Lipinski definition) is 1. The van der Waals surface area contributed by atoms with Gasteiger partial charge < -0.3 is 10.2 Å². The summed E-state index contributed by atoms with van der Waals surface area (Å²) in [5, 5.41) is 3.39. The van der Waals surface area contributed by atoms with Crippen LogP contribution >= 0.6 is 12.4 Å². The van der Waals surface area contributed by atoms with Crippen LogP contribution in [0.3, 0.4) is 0 Å². The average molecular weight is 295 g/mol. The monoisotopic (exact) mass is 294 g/mol. The summed E-state index contributed by atoms with van der Waals surface area (Å²) in [5.74, 6) is 0.427. The maximum atomic E-state index is 12.8. The van der Waals surface area contributed by atoms with E-state index in [-0.39, 0.29) is 18.3 Å². The first-order valence-electron chi connectivity index (χ1n) is 7.35. The van der Waals surface area contributed by atoms with Crippen LogP contribution in [0.25, 0.3) is 0 Å². The van der Waals surface area contributed by atoms with Gasteiger partial charge in [0.15, 0.2) is 0 Å². The van der Waals surface area contributed by atoms with Crippen LogP contribution in [-0.2, 0) is 11.2 Å². The molecule has 1 aromatic carbocycles. The van der Waals surface area contributed by atoms with E-state index in [0.29, 0.717) is 11.9 Å². The first-order chi connectivity index (χ1) is 9.25. The van der Waals surface area contributed by atoms with Gasteiger partial charge in [-0.05, 0) is 37.3 Å². The molecule has 0 aromatic heterocycles. The van der Waals surface area contributed by atoms with Gasteiger partial charge in [0.1, 0.15) is 0 Å². The second-order valence-corrected chi connectivity index (χ2v) is 5.78. The van der Waals surface area contributed by atoms with Crippen molar-refractivity contribution in [2.45, 2.75) is 38.1 Å². The Balaban J connectivity index is 0.00000147. The van der Waals surface area contributed by atoms with E-state index >= 15 is 0 Å². The normalized spacial score (nSPS) is 25.6. The Labute approximate surface area is 127 Å². The van der Waals surface area contributed by atoms with Crippen molar-refractivity contribution in [1.82, 2.24) is 10.2 Å². The molecular formula is C16H23ClN2O. The Morgan fingerprint density at radius 2 is 2.15 bits per heavy atom. The summed E-state index contributed by atoms with van der Waals surface area (Å²) in [6.45, 7) is 4.76. The largest absolute Gasteiger partial charge is 0.339 e. The predicted octanol–water partition coefficient (Wildman–Crippen LogP) is 2.35. The Hall–Kier alpha value is -1.06. The van der Waals surface area contributed by atoms with E-state index < -0.39 is 0 Å². The molecule has 2 atom stereocenters. The molecule has 1 saturated heterocycles. The third-order valence-corrected chi connectivity index (χ3v) is 4.35. The fourth-order valence-electron chi connectivity index (χ4n) is 3.36. The molecule has 1 heterocycles. The molecule has 0 spiro atoms. The Morgan fingerprint density at radius 3 is 2.95 bits per heavy atom. The van der Waals surface area contributed by atoms with E-state index in [0.717, 1.165) is 38.9 Å². The molecule has 4 heteroatoms. The summed E-state index contributed by atoms with van der Waals surface area (Å²) in [4.78, 5) is 14.8. The molecule has 1 aromatic rings. The third-order valence-electron chi connectivity index (χ3n) is 4.35. The van der Waals surface area contributed by atoms with Crippen molar-refractivity contribution in [2.24, 2.45) is 0 Å². The van der Waals surface area contributed by atoms with E-state index in [9.17, 15) is 4.79 Å². The summed E-state index contributed by atoms with van der Waals surface area (Å²) in [5.41, 5.74) is 2.64. The smallest absolute Gasteiger partial charge is 0.230 e. The number of benzene rings is 1. The van der Waals surface area contributed by atoms with Crippen molar-refractivity contribution < 1.29 is 4.79 Å². The number of halogens is 1. The van der Waals surface area contributed by atoms with Crippen LogP contribution in [0.2, 0.25) is 0 Å². The van der Waals surface area contributed by atoms with Gasteiger partial charge >= 0.3 is 0 Å². The Morgan fingerprint density at radius 1 is 1.35 bits per heavy atom. The van der Waals surface area contributed by atoms with Gasteiger partial charge in [-0.15, -0.1) is 12.4 Å². The Kier molecular flexibility index (Phi) is 5.06. The number of carbonyl (C=O) groups excluding carboxylic acids is 1. The van der Waals surface area contributed by atoms with Gasteiger partial charge in [0.25, 0.3) is 0 Å². The van der Waals surface area contributed by atoms with E-state index in [2.05, 4.69) is 36.5 Å². The SMILES string of the molecule is C[C@@H]1CN(C(=O)C2CCCc3ccccc32)CCN1.Cl. The predicted molar refractivity (Wildman–Crippen MR) is 83.4 cm³/mol. The average Bonchev–Trinajstić information content (AvgIpc) is 2.46. The summed E-state index contributed by atoms with van der Waals surface area (Å²) >= 11 is 0. The summed E-state index contributed by atoms with van der Waals surface area (Å²) in [6, 6.07) is 8.87. The van der Waals surface area contributed by atoms with Gasteiger partial charge in [0, 0.05) is 25.7 Å². The minimum absolute atomic E-state index is 0. The number of aryl methyl sites for hydroxylation is 1. The highest BCUT2D eigenvalue weighted by Crippen LogP contribution is 2.33. The molecule has 3 nitrogen and oxygen atoms in total. The van der Waals surface area contributed by atoms with Crippen LogP contribution in [0.1, 0.15) is 36.8 Å². The molecule has 0 saturated carbocycles. The lowest BCUT2D eigenvalue weighted by Crippen LogP contribution is -2.52. The third kappa shape index (κ3) is 2.99. The van der Waals surface area contributed by atoms with Crippen molar-refractivity contribution in [3.63, 3.8) is 0 Å². The minimum Gasteiger partial charge on any atom is -0.339 e. The number of hydrogen-bond acceptors (Lipinski definition) is 2. The molecule has 110 valence electrons. The van der Waals surface area contributed by atoms with Gasteiger partial charge in [-0.2, -0.15) is 0 Å². The summed E-state index contributed by atoms with van der Waals surface area (Å²) < 4.78 is 0. The molecule has 1 fully saturated rings. The standard InChI is InChI=1S/C16H22N2O.ClH/c1-12-11-18(10-9-17-12)16(19)15-8-4-6-13-5-2-3-7-14(13)15;/h2-3,5,7,12,15,17H,4,6,8-11H2,1H3;1H/t12-,15?;/m1./s1. The second kappa shape index (κ2) is 6.59. The molecule has 2 aliphatic rings. The molecule has 0 radical (unpaired) electrons. The number of carbonyl (C=O) groups is 1. The van der Waals surface area contributed by atoms with E-state index in [4.69, 9.17) is 0 Å². The zero-order chi connectivity index (χ0) is 13.2. The second-order valence-electron chi connectivity index (χ2n) is 5.78. The lowest BCUT2D eigenvalue weighted by atomic mass is 9.82. The van der Waals surface area contributed by atoms with Gasteiger partial charge in [0.2, 0.25) is 5.91 Å². The van der Waals surface area contributed by atoms with Crippen LogP contribution in [0.4, 0.5) is 0 Å². The van der Waals surface area contributed by atoms with Gasteiger partial charge in [-0.25, -0.2) is 0 Å². The van der Waals surface area contributed by atoms with Crippen LogP contribution < -0.4 is 5.32 Å². The summed E-state index contributed by atoms with van der Waals surface area (Å²) in [7, 11) is 0. The fraction of sp³-hybridized carbons (Fsp3) is 0.562. The number of nitrogens with one attached hydrogen (secondary N) is 1. The highest BCUT2D eigenvalue weighted by atomic mass is 35.5. The number of piperazine rings is 1. The van der Waals surface area contributed by atoms with Crippen LogP contribution in [0, 0.1) is 0 Å². The van der Waals surface area contributed by atoms with Crippen molar-refractivity contribution >= 4 is 18.3 Å². The first-order valence-corrected chi connectivity index (χ1v) is 7.35. The number of fused-ring (bicyclic) bond motifs is 1. The van der Waals surface area contributed by atoms with Crippen LogP contribution in [-0.4, -0.2) is 36.5 Å². The molecule has 1 amide bonds. The highest BCUT2D eigenvalue weighted by molar-refractivity contribution is 5.85.